The zero-order chi connectivity index (χ0) is 20.7. The lowest BCUT2D eigenvalue weighted by Gasteiger charge is -2.11. The molecule has 0 unspecified atom stereocenters. The molecule has 0 aromatic heterocycles. The van der Waals surface area contributed by atoms with E-state index in [1.807, 2.05) is 0 Å². The summed E-state index contributed by atoms with van der Waals surface area (Å²) in [5, 5.41) is 7.47. The van der Waals surface area contributed by atoms with Crippen LogP contribution in [0.3, 0.4) is 0 Å². The van der Waals surface area contributed by atoms with Crippen LogP contribution < -0.4 is 19.9 Å². The fourth-order valence-corrected chi connectivity index (χ4v) is 2.79. The molecule has 150 valence electrons. The van der Waals surface area contributed by atoms with Crippen LogP contribution in [-0.4, -0.2) is 40.6 Å². The van der Waals surface area contributed by atoms with Crippen molar-refractivity contribution in [3.8, 4) is 11.5 Å². The molecule has 0 radical (unpaired) electrons. The first kappa shape index (κ1) is 21.2. The SMILES string of the molecule is CCOc1cc(C(=O)OCC(=O)Nc2cccc(S(N)(=O)=O)c2)ccc1OC. The Morgan fingerprint density at radius 2 is 1.86 bits per heavy atom. The number of benzene rings is 2. The van der Waals surface area contributed by atoms with E-state index in [2.05, 4.69) is 5.32 Å². The molecule has 10 heteroatoms. The topological polar surface area (TPSA) is 134 Å². The highest BCUT2D eigenvalue weighted by Gasteiger charge is 2.15. The van der Waals surface area contributed by atoms with Crippen LogP contribution in [-0.2, 0) is 19.6 Å². The maximum absolute atomic E-state index is 12.1. The van der Waals surface area contributed by atoms with Crippen LogP contribution >= 0.6 is 0 Å². The van der Waals surface area contributed by atoms with Crippen molar-refractivity contribution in [1.29, 1.82) is 0 Å². The number of primary sulfonamides is 1. The molecule has 2 aromatic rings. The molecule has 28 heavy (non-hydrogen) atoms. The van der Waals surface area contributed by atoms with E-state index in [1.54, 1.807) is 13.0 Å². The predicted octanol–water partition coefficient (Wildman–Crippen LogP) is 1.54. The van der Waals surface area contributed by atoms with Crippen molar-refractivity contribution < 1.29 is 32.2 Å². The highest BCUT2D eigenvalue weighted by atomic mass is 32.2. The fraction of sp³-hybridized carbons (Fsp3) is 0.222. The van der Waals surface area contributed by atoms with Gasteiger partial charge in [-0.25, -0.2) is 18.4 Å². The highest BCUT2D eigenvalue weighted by molar-refractivity contribution is 7.89. The van der Waals surface area contributed by atoms with E-state index in [0.29, 0.717) is 18.1 Å². The Hall–Kier alpha value is -3.11. The third kappa shape index (κ3) is 5.69. The van der Waals surface area contributed by atoms with Crippen molar-refractivity contribution in [2.45, 2.75) is 11.8 Å². The molecule has 0 aliphatic carbocycles. The Balaban J connectivity index is 1.99. The molecule has 1 amide bonds. The molecule has 3 N–H and O–H groups in total. The summed E-state index contributed by atoms with van der Waals surface area (Å²) >= 11 is 0. The second-order valence-electron chi connectivity index (χ2n) is 5.50. The number of nitrogens with two attached hydrogens (primary N) is 1. The van der Waals surface area contributed by atoms with Gasteiger partial charge in [0.05, 0.1) is 24.2 Å². The molecule has 0 atom stereocenters. The normalized spacial score (nSPS) is 10.8. The van der Waals surface area contributed by atoms with Gasteiger partial charge in [-0.3, -0.25) is 4.79 Å². The lowest BCUT2D eigenvalue weighted by molar-refractivity contribution is -0.119. The summed E-state index contributed by atoms with van der Waals surface area (Å²) in [4.78, 5) is 24.0. The van der Waals surface area contributed by atoms with Crippen LogP contribution in [0, 0.1) is 0 Å². The average Bonchev–Trinajstić information content (AvgIpc) is 2.66. The fourth-order valence-electron chi connectivity index (χ4n) is 2.23. The second kappa shape index (κ2) is 9.20. The van der Waals surface area contributed by atoms with E-state index in [1.165, 1.54) is 43.5 Å². The molecule has 0 heterocycles. The molecule has 0 aliphatic heterocycles. The molecule has 0 saturated carbocycles. The number of esters is 1. The molecule has 0 aliphatic rings. The molecule has 9 nitrogen and oxygen atoms in total. The summed E-state index contributed by atoms with van der Waals surface area (Å²) in [5.41, 5.74) is 0.393. The number of carbonyl (C=O) groups excluding carboxylic acids is 2. The Morgan fingerprint density at radius 1 is 1.11 bits per heavy atom. The Bertz CT molecular complexity index is 974. The molecule has 0 fully saturated rings. The third-order valence-electron chi connectivity index (χ3n) is 3.48. The number of carbonyl (C=O) groups is 2. The van der Waals surface area contributed by atoms with Gasteiger partial charge in [0.25, 0.3) is 5.91 Å². The summed E-state index contributed by atoms with van der Waals surface area (Å²) in [6, 6.07) is 9.90. The van der Waals surface area contributed by atoms with E-state index in [9.17, 15) is 18.0 Å². The molecular formula is C18H20N2O7S. The number of rotatable bonds is 8. The Kier molecular flexibility index (Phi) is 6.96. The van der Waals surface area contributed by atoms with E-state index in [0.717, 1.165) is 0 Å². The molecular weight excluding hydrogens is 388 g/mol. The van der Waals surface area contributed by atoms with Crippen LogP contribution in [0.4, 0.5) is 5.69 Å². The lowest BCUT2D eigenvalue weighted by atomic mass is 10.2. The maximum Gasteiger partial charge on any atom is 0.338 e. The number of hydrogen-bond donors (Lipinski definition) is 2. The van der Waals surface area contributed by atoms with E-state index in [4.69, 9.17) is 19.3 Å². The van der Waals surface area contributed by atoms with Gasteiger partial charge >= 0.3 is 5.97 Å². The maximum atomic E-state index is 12.1. The van der Waals surface area contributed by atoms with Crippen LogP contribution in [0.15, 0.2) is 47.4 Å². The smallest absolute Gasteiger partial charge is 0.338 e. The van der Waals surface area contributed by atoms with Gasteiger partial charge in [-0.2, -0.15) is 0 Å². The average molecular weight is 408 g/mol. The van der Waals surface area contributed by atoms with Crippen LogP contribution in [0.5, 0.6) is 11.5 Å². The first-order valence-corrected chi connectivity index (χ1v) is 9.70. The minimum atomic E-state index is -3.90. The van der Waals surface area contributed by atoms with Crippen LogP contribution in [0.1, 0.15) is 17.3 Å². The highest BCUT2D eigenvalue weighted by Crippen LogP contribution is 2.28. The number of ether oxygens (including phenoxy) is 3. The van der Waals surface area contributed by atoms with Gasteiger partial charge in [0.2, 0.25) is 10.0 Å². The monoisotopic (exact) mass is 408 g/mol. The minimum absolute atomic E-state index is 0.149. The Labute approximate surface area is 162 Å². The number of hydrogen-bond acceptors (Lipinski definition) is 7. The largest absolute Gasteiger partial charge is 0.493 e. The van der Waals surface area contributed by atoms with Crippen molar-refractivity contribution in [3.05, 3.63) is 48.0 Å². The van der Waals surface area contributed by atoms with Gasteiger partial charge in [-0.05, 0) is 43.3 Å². The summed E-state index contributed by atoms with van der Waals surface area (Å²) in [6.45, 7) is 1.61. The van der Waals surface area contributed by atoms with Crippen molar-refractivity contribution >= 4 is 27.6 Å². The van der Waals surface area contributed by atoms with Gasteiger partial charge < -0.3 is 19.5 Å². The summed E-state index contributed by atoms with van der Waals surface area (Å²) in [7, 11) is -2.42. The minimum Gasteiger partial charge on any atom is -0.493 e. The van der Waals surface area contributed by atoms with Gasteiger partial charge in [-0.1, -0.05) is 6.07 Å². The van der Waals surface area contributed by atoms with Gasteiger partial charge in [0.1, 0.15) is 0 Å². The van der Waals surface area contributed by atoms with E-state index in [-0.39, 0.29) is 16.1 Å². The number of sulfonamides is 1. The van der Waals surface area contributed by atoms with Gasteiger partial charge in [0.15, 0.2) is 18.1 Å². The molecule has 0 saturated heterocycles. The zero-order valence-electron chi connectivity index (χ0n) is 15.3. The number of amides is 1. The molecule has 2 aromatic carbocycles. The molecule has 0 bridgehead atoms. The summed E-state index contributed by atoms with van der Waals surface area (Å²) in [5.74, 6) is -0.523. The lowest BCUT2D eigenvalue weighted by Crippen LogP contribution is -2.21. The van der Waals surface area contributed by atoms with Gasteiger partial charge in [0, 0.05) is 5.69 Å². The number of nitrogens with one attached hydrogen (secondary N) is 1. The first-order valence-electron chi connectivity index (χ1n) is 8.15. The summed E-state index contributed by atoms with van der Waals surface area (Å²) < 4.78 is 38.2. The molecule has 2 rings (SSSR count). The van der Waals surface area contributed by atoms with Crippen molar-refractivity contribution in [2.75, 3.05) is 25.6 Å². The summed E-state index contributed by atoms with van der Waals surface area (Å²) in [6.07, 6.45) is 0. The number of methoxy groups -OCH3 is 1. The van der Waals surface area contributed by atoms with Crippen LogP contribution in [0.25, 0.3) is 0 Å². The molecule has 0 spiro atoms. The Morgan fingerprint density at radius 3 is 2.50 bits per heavy atom. The van der Waals surface area contributed by atoms with Crippen molar-refractivity contribution in [3.63, 3.8) is 0 Å². The first-order chi connectivity index (χ1) is 13.2. The van der Waals surface area contributed by atoms with Crippen molar-refractivity contribution in [2.24, 2.45) is 5.14 Å². The standard InChI is InChI=1S/C18H20N2O7S/c1-3-26-16-9-12(7-8-15(16)25-2)18(22)27-11-17(21)20-13-5-4-6-14(10-13)28(19,23)24/h4-10H,3,11H2,1-2H3,(H,20,21)(H2,19,23,24). The van der Waals surface area contributed by atoms with E-state index >= 15 is 0 Å². The quantitative estimate of drug-likeness (QED) is 0.633. The zero-order valence-corrected chi connectivity index (χ0v) is 16.1. The van der Waals surface area contributed by atoms with Crippen molar-refractivity contribution in [1.82, 2.24) is 0 Å². The predicted molar refractivity (Wildman–Crippen MR) is 101 cm³/mol. The van der Waals surface area contributed by atoms with Gasteiger partial charge in [-0.15, -0.1) is 0 Å². The van der Waals surface area contributed by atoms with Crippen LogP contribution in [0.2, 0.25) is 0 Å². The third-order valence-corrected chi connectivity index (χ3v) is 4.39. The number of anilines is 1. The van der Waals surface area contributed by atoms with E-state index < -0.39 is 28.5 Å². The second-order valence-corrected chi connectivity index (χ2v) is 7.06.